The molecule has 2 aliphatic rings. The van der Waals surface area contributed by atoms with Crippen LogP contribution in [0.25, 0.3) is 11.4 Å². The van der Waals surface area contributed by atoms with E-state index in [0.717, 1.165) is 75.2 Å². The first kappa shape index (κ1) is 20.1. The molecule has 6 heteroatoms. The second-order valence-electron chi connectivity index (χ2n) is 8.08. The highest BCUT2D eigenvalue weighted by Gasteiger charge is 2.27. The third kappa shape index (κ3) is 4.55. The van der Waals surface area contributed by atoms with Crippen LogP contribution in [-0.2, 0) is 11.2 Å². The highest BCUT2D eigenvalue weighted by molar-refractivity contribution is 6.30. The van der Waals surface area contributed by atoms with Crippen molar-refractivity contribution in [3.05, 3.63) is 41.0 Å². The first-order chi connectivity index (χ1) is 14.2. The van der Waals surface area contributed by atoms with Crippen LogP contribution in [0.5, 0.6) is 0 Å². The van der Waals surface area contributed by atoms with Crippen LogP contribution in [0.3, 0.4) is 0 Å². The molecular formula is C23H29ClN4O. The molecule has 3 heterocycles. The summed E-state index contributed by atoms with van der Waals surface area (Å²) in [5.41, 5.74) is 1.99. The van der Waals surface area contributed by atoms with Gasteiger partial charge in [-0.2, -0.15) is 0 Å². The van der Waals surface area contributed by atoms with E-state index in [2.05, 4.69) is 16.8 Å². The Morgan fingerprint density at radius 3 is 2.41 bits per heavy atom. The number of amides is 1. The zero-order valence-electron chi connectivity index (χ0n) is 17.1. The van der Waals surface area contributed by atoms with Gasteiger partial charge in [-0.15, -0.1) is 0 Å². The number of piperidine rings is 1. The molecular weight excluding hydrogens is 384 g/mol. The number of hydrogen-bond acceptors (Lipinski definition) is 4. The van der Waals surface area contributed by atoms with Gasteiger partial charge in [0.05, 0.1) is 0 Å². The Kier molecular flexibility index (Phi) is 6.34. The Morgan fingerprint density at radius 2 is 1.76 bits per heavy atom. The quantitative estimate of drug-likeness (QED) is 0.674. The average Bonchev–Trinajstić information content (AvgIpc) is 3.29. The monoisotopic (exact) mass is 412 g/mol. The molecule has 2 aliphatic heterocycles. The van der Waals surface area contributed by atoms with Crippen LogP contribution >= 0.6 is 11.6 Å². The first-order valence-corrected chi connectivity index (χ1v) is 11.2. The van der Waals surface area contributed by atoms with Crippen molar-refractivity contribution in [3.63, 3.8) is 0 Å². The molecule has 2 fully saturated rings. The number of carbonyl (C=O) groups is 1. The highest BCUT2D eigenvalue weighted by atomic mass is 35.5. The van der Waals surface area contributed by atoms with Gasteiger partial charge in [0.25, 0.3) is 0 Å². The number of likely N-dealkylation sites (tertiary alicyclic amines) is 1. The number of benzene rings is 1. The van der Waals surface area contributed by atoms with Crippen molar-refractivity contribution in [2.24, 2.45) is 5.92 Å². The summed E-state index contributed by atoms with van der Waals surface area (Å²) in [5.74, 6) is 2.44. The molecule has 0 bridgehead atoms. The van der Waals surface area contributed by atoms with Crippen molar-refractivity contribution in [1.29, 1.82) is 0 Å². The summed E-state index contributed by atoms with van der Waals surface area (Å²) in [6.07, 6.45) is 5.84. The number of halogens is 1. The summed E-state index contributed by atoms with van der Waals surface area (Å²) in [4.78, 5) is 26.3. The van der Waals surface area contributed by atoms with E-state index in [1.807, 2.05) is 35.2 Å². The third-order valence-electron chi connectivity index (χ3n) is 6.16. The molecule has 5 nitrogen and oxygen atoms in total. The van der Waals surface area contributed by atoms with E-state index >= 15 is 0 Å². The van der Waals surface area contributed by atoms with E-state index in [9.17, 15) is 4.79 Å². The smallest absolute Gasteiger partial charge is 0.222 e. The van der Waals surface area contributed by atoms with Crippen LogP contribution in [0.2, 0.25) is 5.15 Å². The minimum Gasteiger partial charge on any atom is -0.356 e. The molecule has 1 aromatic heterocycles. The van der Waals surface area contributed by atoms with Crippen molar-refractivity contribution < 1.29 is 4.79 Å². The molecule has 0 unspecified atom stereocenters. The van der Waals surface area contributed by atoms with E-state index in [1.165, 1.54) is 0 Å². The molecule has 0 N–H and O–H groups in total. The maximum absolute atomic E-state index is 12.5. The number of hydrogen-bond donors (Lipinski definition) is 0. The zero-order valence-corrected chi connectivity index (χ0v) is 17.9. The lowest BCUT2D eigenvalue weighted by molar-refractivity contribution is -0.131. The van der Waals surface area contributed by atoms with Crippen molar-refractivity contribution in [2.75, 3.05) is 31.1 Å². The molecule has 4 rings (SSSR count). The maximum atomic E-state index is 12.5. The molecule has 154 valence electrons. The first-order valence-electron chi connectivity index (χ1n) is 10.8. The van der Waals surface area contributed by atoms with Crippen molar-refractivity contribution in [1.82, 2.24) is 14.9 Å². The predicted molar refractivity (Wildman–Crippen MR) is 117 cm³/mol. The summed E-state index contributed by atoms with van der Waals surface area (Å²) in [5, 5.41) is 0.544. The number of carbonyl (C=O) groups excluding carboxylic acids is 1. The molecule has 0 spiro atoms. The Morgan fingerprint density at radius 1 is 1.07 bits per heavy atom. The minimum atomic E-state index is 0.339. The fourth-order valence-corrected chi connectivity index (χ4v) is 4.72. The largest absolute Gasteiger partial charge is 0.356 e. The lowest BCUT2D eigenvalue weighted by Gasteiger charge is -2.34. The Hall–Kier alpha value is -2.14. The maximum Gasteiger partial charge on any atom is 0.222 e. The number of anilines is 1. The molecule has 29 heavy (non-hydrogen) atoms. The molecule has 0 atom stereocenters. The van der Waals surface area contributed by atoms with Crippen LogP contribution in [0.4, 0.5) is 5.82 Å². The van der Waals surface area contributed by atoms with Gasteiger partial charge < -0.3 is 9.80 Å². The Balaban J connectivity index is 1.47. The minimum absolute atomic E-state index is 0.339. The molecule has 0 aliphatic carbocycles. The lowest BCUT2D eigenvalue weighted by atomic mass is 9.92. The number of aromatic nitrogens is 2. The van der Waals surface area contributed by atoms with Crippen LogP contribution in [0, 0.1) is 5.92 Å². The summed E-state index contributed by atoms with van der Waals surface area (Å²) in [7, 11) is 0. The average molecular weight is 413 g/mol. The fraction of sp³-hybridized carbons (Fsp3) is 0.522. The summed E-state index contributed by atoms with van der Waals surface area (Å²) in [6.45, 7) is 5.80. The van der Waals surface area contributed by atoms with E-state index in [-0.39, 0.29) is 0 Å². The normalized spacial score (nSPS) is 17.7. The molecule has 1 amide bonds. The van der Waals surface area contributed by atoms with Crippen LogP contribution in [0.15, 0.2) is 30.3 Å². The van der Waals surface area contributed by atoms with E-state index in [4.69, 9.17) is 16.6 Å². The second kappa shape index (κ2) is 9.12. The van der Waals surface area contributed by atoms with Crippen LogP contribution in [-0.4, -0.2) is 47.0 Å². The summed E-state index contributed by atoms with van der Waals surface area (Å²) in [6, 6.07) is 9.99. The van der Waals surface area contributed by atoms with E-state index in [1.54, 1.807) is 0 Å². The topological polar surface area (TPSA) is 49.3 Å². The van der Waals surface area contributed by atoms with Gasteiger partial charge in [-0.05, 0) is 38.0 Å². The van der Waals surface area contributed by atoms with Gasteiger partial charge in [-0.3, -0.25) is 4.79 Å². The van der Waals surface area contributed by atoms with Gasteiger partial charge in [0.1, 0.15) is 11.0 Å². The van der Waals surface area contributed by atoms with Crippen molar-refractivity contribution in [3.8, 4) is 11.4 Å². The molecule has 2 saturated heterocycles. The molecule has 0 radical (unpaired) electrons. The van der Waals surface area contributed by atoms with Gasteiger partial charge in [-0.1, -0.05) is 48.9 Å². The van der Waals surface area contributed by atoms with Crippen LogP contribution in [0.1, 0.15) is 44.6 Å². The summed E-state index contributed by atoms with van der Waals surface area (Å²) < 4.78 is 0. The van der Waals surface area contributed by atoms with Crippen LogP contribution < -0.4 is 4.90 Å². The molecule has 0 saturated carbocycles. The predicted octanol–water partition coefficient (Wildman–Crippen LogP) is 4.59. The van der Waals surface area contributed by atoms with Gasteiger partial charge in [-0.25, -0.2) is 9.97 Å². The molecule has 1 aromatic carbocycles. The number of nitrogens with zero attached hydrogens (tertiary/aromatic N) is 4. The second-order valence-corrected chi connectivity index (χ2v) is 8.44. The standard InChI is InChI=1S/C23H29ClN4O/c1-2-19-21(24)25-22(18-8-4-3-5-9-18)26-23(19)28-14-10-17(11-15-28)16-20(29)27-12-6-7-13-27/h3-5,8-9,17H,2,6-7,10-16H2,1H3. The fourth-order valence-electron chi connectivity index (χ4n) is 4.42. The molecule has 2 aromatic rings. The SMILES string of the molecule is CCc1c(Cl)nc(-c2ccccc2)nc1N1CCC(CC(=O)N2CCCC2)CC1. The van der Waals surface area contributed by atoms with Crippen molar-refractivity contribution >= 4 is 23.3 Å². The van der Waals surface area contributed by atoms with E-state index in [0.29, 0.717) is 29.2 Å². The van der Waals surface area contributed by atoms with Gasteiger partial charge in [0.15, 0.2) is 5.82 Å². The highest BCUT2D eigenvalue weighted by Crippen LogP contribution is 2.32. The lowest BCUT2D eigenvalue weighted by Crippen LogP contribution is -2.37. The zero-order chi connectivity index (χ0) is 20.2. The van der Waals surface area contributed by atoms with E-state index < -0.39 is 0 Å². The summed E-state index contributed by atoms with van der Waals surface area (Å²) >= 11 is 6.55. The van der Waals surface area contributed by atoms with Gasteiger partial charge in [0, 0.05) is 43.7 Å². The van der Waals surface area contributed by atoms with Gasteiger partial charge >= 0.3 is 0 Å². The third-order valence-corrected chi connectivity index (χ3v) is 6.47. The van der Waals surface area contributed by atoms with Gasteiger partial charge in [0.2, 0.25) is 5.91 Å². The number of rotatable bonds is 5. The Labute approximate surface area is 178 Å². The Bertz CT molecular complexity index is 843. The van der Waals surface area contributed by atoms with Crippen molar-refractivity contribution in [2.45, 2.75) is 45.4 Å².